The van der Waals surface area contributed by atoms with Gasteiger partial charge in [0.2, 0.25) is 5.91 Å². The minimum Gasteiger partial charge on any atom is -0.341 e. The fraction of sp³-hybridized carbons (Fsp3) is 0.235. The number of hydrogen-bond acceptors (Lipinski definition) is 7. The zero-order valence-electron chi connectivity index (χ0n) is 14.2. The molecule has 3 aromatic heterocycles. The van der Waals surface area contributed by atoms with Crippen LogP contribution in [0.5, 0.6) is 0 Å². The van der Waals surface area contributed by atoms with Crippen LogP contribution in [-0.4, -0.2) is 36.1 Å². The molecule has 0 spiro atoms. The molecule has 3 heterocycles. The number of aryl methyl sites for hydroxylation is 1. The van der Waals surface area contributed by atoms with Gasteiger partial charge in [-0.15, -0.1) is 0 Å². The van der Waals surface area contributed by atoms with Gasteiger partial charge in [0.1, 0.15) is 16.9 Å². The fourth-order valence-electron chi connectivity index (χ4n) is 2.57. The molecule has 4 rings (SSSR count). The van der Waals surface area contributed by atoms with Gasteiger partial charge >= 0.3 is 0 Å². The average molecular weight is 384 g/mol. The van der Waals surface area contributed by atoms with Crippen LogP contribution in [0, 0.1) is 6.92 Å². The van der Waals surface area contributed by atoms with Gasteiger partial charge in [0, 0.05) is 0 Å². The predicted molar refractivity (Wildman–Crippen MR) is 105 cm³/mol. The largest absolute Gasteiger partial charge is 0.341 e. The van der Waals surface area contributed by atoms with E-state index in [1.807, 2.05) is 32.0 Å². The lowest BCUT2D eigenvalue weighted by Crippen LogP contribution is -2.24. The number of nitrogens with one attached hydrogen (secondary N) is 2. The topological polar surface area (TPSA) is 96.5 Å². The van der Waals surface area contributed by atoms with Crippen molar-refractivity contribution in [1.29, 1.82) is 0 Å². The van der Waals surface area contributed by atoms with E-state index < -0.39 is 0 Å². The number of hydrogen-bond donors (Lipinski definition) is 2. The third kappa shape index (κ3) is 3.27. The minimum absolute atomic E-state index is 0.0837. The van der Waals surface area contributed by atoms with Crippen molar-refractivity contribution < 1.29 is 4.79 Å². The molecule has 0 bridgehead atoms. The molecule has 0 aliphatic carbocycles. The number of carbonyl (C=O) groups excluding carboxylic acids is 1. The summed E-state index contributed by atoms with van der Waals surface area (Å²) >= 11 is 2.88. The molecule has 1 amide bonds. The lowest BCUT2D eigenvalue weighted by atomic mass is 10.2. The third-order valence-corrected chi connectivity index (χ3v) is 6.20. The average Bonchev–Trinajstić information content (AvgIpc) is 3.25. The molecule has 1 aromatic carbocycles. The van der Waals surface area contributed by atoms with E-state index in [0.717, 1.165) is 26.3 Å². The summed E-state index contributed by atoms with van der Waals surface area (Å²) in [6, 6.07) is 6.09. The SMILES string of the molecule is CCC(Sc1ncnc2nc[nH]c12)C(=O)Nc1nc2cc(C)ccc2s1. The molecule has 0 aliphatic heterocycles. The van der Waals surface area contributed by atoms with E-state index in [-0.39, 0.29) is 11.2 Å². The molecule has 1 unspecified atom stereocenters. The summed E-state index contributed by atoms with van der Waals surface area (Å²) in [7, 11) is 0. The van der Waals surface area contributed by atoms with E-state index in [1.165, 1.54) is 29.4 Å². The van der Waals surface area contributed by atoms with Gasteiger partial charge in [0.05, 0.1) is 21.8 Å². The number of thiazole rings is 1. The van der Waals surface area contributed by atoms with Crippen LogP contribution < -0.4 is 5.32 Å². The molecular formula is C17H16N6OS2. The molecule has 0 radical (unpaired) electrons. The number of aromatic amines is 1. The highest BCUT2D eigenvalue weighted by atomic mass is 32.2. The molecule has 0 aliphatic rings. The molecule has 26 heavy (non-hydrogen) atoms. The zero-order chi connectivity index (χ0) is 18.1. The summed E-state index contributed by atoms with van der Waals surface area (Å²) in [5, 5.41) is 3.99. The monoisotopic (exact) mass is 384 g/mol. The van der Waals surface area contributed by atoms with Gasteiger partial charge < -0.3 is 10.3 Å². The van der Waals surface area contributed by atoms with Crippen molar-refractivity contribution >= 4 is 55.5 Å². The Morgan fingerprint density at radius 1 is 1.35 bits per heavy atom. The van der Waals surface area contributed by atoms with Crippen LogP contribution in [0.25, 0.3) is 21.4 Å². The Morgan fingerprint density at radius 3 is 3.08 bits per heavy atom. The number of benzene rings is 1. The van der Waals surface area contributed by atoms with Crippen LogP contribution in [-0.2, 0) is 4.79 Å². The number of fused-ring (bicyclic) bond motifs is 2. The van der Waals surface area contributed by atoms with Gasteiger partial charge in [-0.2, -0.15) is 0 Å². The predicted octanol–water partition coefficient (Wildman–Crippen LogP) is 3.78. The Bertz CT molecular complexity index is 1090. The van der Waals surface area contributed by atoms with Gasteiger partial charge in [-0.3, -0.25) is 4.79 Å². The van der Waals surface area contributed by atoms with Crippen LogP contribution >= 0.6 is 23.1 Å². The minimum atomic E-state index is -0.287. The Labute approximate surface area is 157 Å². The number of amides is 1. The van der Waals surface area contributed by atoms with Crippen molar-refractivity contribution in [1.82, 2.24) is 24.9 Å². The molecule has 4 aromatic rings. The molecule has 7 nitrogen and oxygen atoms in total. The molecule has 1 atom stereocenters. The Morgan fingerprint density at radius 2 is 2.23 bits per heavy atom. The maximum absolute atomic E-state index is 12.7. The quantitative estimate of drug-likeness (QED) is 0.401. The smallest absolute Gasteiger partial charge is 0.239 e. The lowest BCUT2D eigenvalue weighted by Gasteiger charge is -2.13. The van der Waals surface area contributed by atoms with Gasteiger partial charge in [0.25, 0.3) is 0 Å². The number of thioether (sulfide) groups is 1. The van der Waals surface area contributed by atoms with Crippen molar-refractivity contribution in [2.24, 2.45) is 0 Å². The van der Waals surface area contributed by atoms with Gasteiger partial charge in [0.15, 0.2) is 10.8 Å². The molecular weight excluding hydrogens is 368 g/mol. The summed E-state index contributed by atoms with van der Waals surface area (Å²) < 4.78 is 1.06. The maximum Gasteiger partial charge on any atom is 0.239 e. The van der Waals surface area contributed by atoms with Gasteiger partial charge in [-0.1, -0.05) is 36.1 Å². The van der Waals surface area contributed by atoms with Crippen molar-refractivity contribution in [3.05, 3.63) is 36.4 Å². The first-order valence-electron chi connectivity index (χ1n) is 8.13. The number of aromatic nitrogens is 5. The first kappa shape index (κ1) is 16.9. The molecule has 0 saturated carbocycles. The summed E-state index contributed by atoms with van der Waals surface area (Å²) in [5.41, 5.74) is 3.40. The van der Waals surface area contributed by atoms with E-state index in [4.69, 9.17) is 0 Å². The molecule has 9 heteroatoms. The van der Waals surface area contributed by atoms with E-state index in [0.29, 0.717) is 17.2 Å². The van der Waals surface area contributed by atoms with E-state index in [9.17, 15) is 4.79 Å². The van der Waals surface area contributed by atoms with E-state index >= 15 is 0 Å². The van der Waals surface area contributed by atoms with Crippen LogP contribution in [0.15, 0.2) is 35.9 Å². The first-order valence-corrected chi connectivity index (χ1v) is 9.82. The van der Waals surface area contributed by atoms with Gasteiger partial charge in [-0.05, 0) is 31.0 Å². The maximum atomic E-state index is 12.7. The summed E-state index contributed by atoms with van der Waals surface area (Å²) in [4.78, 5) is 32.8. The standard InChI is InChI=1S/C17H16N6OS2/c1-3-11(25-16-13-14(19-7-18-13)20-8-21-16)15(24)23-17-22-10-6-9(2)4-5-12(10)26-17/h4-8,11H,3H2,1-2H3,(H,22,23,24)(H,18,19,20,21). The Kier molecular flexibility index (Phi) is 4.56. The van der Waals surface area contributed by atoms with Crippen LogP contribution in [0.2, 0.25) is 0 Å². The second-order valence-electron chi connectivity index (χ2n) is 5.77. The van der Waals surface area contributed by atoms with Crippen LogP contribution in [0.4, 0.5) is 5.13 Å². The lowest BCUT2D eigenvalue weighted by molar-refractivity contribution is -0.115. The molecule has 2 N–H and O–H groups in total. The van der Waals surface area contributed by atoms with Crippen molar-refractivity contribution in [2.75, 3.05) is 5.32 Å². The highest BCUT2D eigenvalue weighted by Crippen LogP contribution is 2.30. The van der Waals surface area contributed by atoms with E-state index in [2.05, 4.69) is 30.2 Å². The summed E-state index contributed by atoms with van der Waals surface area (Å²) in [6.45, 7) is 4.00. The second-order valence-corrected chi connectivity index (χ2v) is 8.00. The van der Waals surface area contributed by atoms with E-state index in [1.54, 1.807) is 6.33 Å². The number of imidazole rings is 1. The van der Waals surface area contributed by atoms with Crippen molar-refractivity contribution in [2.45, 2.75) is 30.5 Å². The summed E-state index contributed by atoms with van der Waals surface area (Å²) in [6.07, 6.45) is 3.71. The normalized spacial score (nSPS) is 12.5. The van der Waals surface area contributed by atoms with Crippen molar-refractivity contribution in [3.63, 3.8) is 0 Å². The molecule has 0 saturated heterocycles. The number of carbonyl (C=O) groups is 1. The van der Waals surface area contributed by atoms with Gasteiger partial charge in [-0.25, -0.2) is 19.9 Å². The van der Waals surface area contributed by atoms with Crippen molar-refractivity contribution in [3.8, 4) is 0 Å². The van der Waals surface area contributed by atoms with Crippen LogP contribution in [0.3, 0.4) is 0 Å². The fourth-order valence-corrected chi connectivity index (χ4v) is 4.39. The highest BCUT2D eigenvalue weighted by molar-refractivity contribution is 8.00. The Balaban J connectivity index is 1.54. The van der Waals surface area contributed by atoms with Crippen LogP contribution in [0.1, 0.15) is 18.9 Å². The number of nitrogens with zero attached hydrogens (tertiary/aromatic N) is 4. The second kappa shape index (κ2) is 7.00. The number of rotatable bonds is 5. The number of H-pyrrole nitrogens is 1. The zero-order valence-corrected chi connectivity index (χ0v) is 15.8. The molecule has 132 valence electrons. The Hall–Kier alpha value is -2.52. The summed E-state index contributed by atoms with van der Waals surface area (Å²) in [5.74, 6) is -0.0837. The number of anilines is 1. The first-order chi connectivity index (χ1) is 12.6. The molecule has 0 fully saturated rings. The highest BCUT2D eigenvalue weighted by Gasteiger charge is 2.22. The third-order valence-electron chi connectivity index (χ3n) is 3.88.